The second-order valence-corrected chi connectivity index (χ2v) is 4.98. The van der Waals surface area contributed by atoms with Crippen LogP contribution >= 0.6 is 0 Å². The van der Waals surface area contributed by atoms with Gasteiger partial charge >= 0.3 is 0 Å². The van der Waals surface area contributed by atoms with E-state index in [-0.39, 0.29) is 0 Å². The number of likely N-dealkylation sites (N-methyl/N-ethyl adjacent to an activating group) is 1. The van der Waals surface area contributed by atoms with Crippen molar-refractivity contribution in [1.82, 2.24) is 4.90 Å². The summed E-state index contributed by atoms with van der Waals surface area (Å²) in [5.41, 5.74) is 7.21. The summed E-state index contributed by atoms with van der Waals surface area (Å²) in [6.07, 6.45) is 1.29. The monoisotopic (exact) mass is 250 g/mol. The molecule has 0 amide bonds. The minimum absolute atomic E-state index is 0.295. The molecule has 0 spiro atoms. The molecular formula is C15H26N2O. The fourth-order valence-electron chi connectivity index (χ4n) is 1.92. The zero-order valence-corrected chi connectivity index (χ0v) is 11.8. The van der Waals surface area contributed by atoms with E-state index in [1.165, 1.54) is 5.56 Å². The third kappa shape index (κ3) is 5.63. The van der Waals surface area contributed by atoms with Gasteiger partial charge in [0.05, 0.1) is 12.7 Å². The van der Waals surface area contributed by atoms with Gasteiger partial charge in [-0.15, -0.1) is 0 Å². The molecule has 1 rings (SSSR count). The van der Waals surface area contributed by atoms with Gasteiger partial charge in [-0.1, -0.05) is 30.3 Å². The molecule has 3 heteroatoms. The van der Waals surface area contributed by atoms with Gasteiger partial charge in [0.25, 0.3) is 0 Å². The van der Waals surface area contributed by atoms with Crippen molar-refractivity contribution in [2.24, 2.45) is 5.73 Å². The maximum absolute atomic E-state index is 5.87. The molecule has 0 aliphatic heterocycles. The lowest BCUT2D eigenvalue weighted by molar-refractivity contribution is 0.0565. The van der Waals surface area contributed by atoms with Gasteiger partial charge < -0.3 is 10.5 Å². The predicted octanol–water partition coefficient (Wildman–Crippen LogP) is 1.91. The second-order valence-electron chi connectivity index (χ2n) is 4.98. The van der Waals surface area contributed by atoms with Gasteiger partial charge in [-0.3, -0.25) is 4.90 Å². The molecule has 2 N–H and O–H groups in total. The first-order chi connectivity index (χ1) is 8.63. The maximum Gasteiger partial charge on any atom is 0.0596 e. The summed E-state index contributed by atoms with van der Waals surface area (Å²) >= 11 is 0. The fraction of sp³-hybridized carbons (Fsp3) is 0.600. The van der Waals surface area contributed by atoms with Crippen LogP contribution in [-0.2, 0) is 11.2 Å². The largest absolute Gasteiger partial charge is 0.377 e. The molecule has 3 nitrogen and oxygen atoms in total. The molecule has 0 bridgehead atoms. The molecule has 18 heavy (non-hydrogen) atoms. The molecule has 1 atom stereocenters. The Morgan fingerprint density at radius 2 is 1.89 bits per heavy atom. The van der Waals surface area contributed by atoms with Crippen molar-refractivity contribution in [1.29, 1.82) is 0 Å². The first-order valence-electron chi connectivity index (χ1n) is 6.69. The lowest BCUT2D eigenvalue weighted by Gasteiger charge is -2.27. The van der Waals surface area contributed by atoms with Crippen LogP contribution in [0.25, 0.3) is 0 Å². The summed E-state index contributed by atoms with van der Waals surface area (Å²) < 4.78 is 5.57. The number of ether oxygens (including phenoxy) is 1. The van der Waals surface area contributed by atoms with E-state index in [4.69, 9.17) is 10.5 Å². The zero-order valence-electron chi connectivity index (χ0n) is 11.8. The van der Waals surface area contributed by atoms with E-state index in [0.717, 1.165) is 19.6 Å². The summed E-state index contributed by atoms with van der Waals surface area (Å²) in [6.45, 7) is 6.48. The van der Waals surface area contributed by atoms with E-state index in [0.29, 0.717) is 18.7 Å². The number of hydrogen-bond acceptors (Lipinski definition) is 3. The molecule has 1 aromatic rings. The molecule has 0 radical (unpaired) electrons. The van der Waals surface area contributed by atoms with Crippen LogP contribution in [0.15, 0.2) is 30.3 Å². The van der Waals surface area contributed by atoms with Crippen LogP contribution in [0.4, 0.5) is 0 Å². The summed E-state index contributed by atoms with van der Waals surface area (Å²) in [7, 11) is 2.12. The number of hydrogen-bond donors (Lipinski definition) is 1. The lowest BCUT2D eigenvalue weighted by Crippen LogP contribution is -2.41. The van der Waals surface area contributed by atoms with E-state index in [9.17, 15) is 0 Å². The summed E-state index contributed by atoms with van der Waals surface area (Å²) in [5, 5.41) is 0. The predicted molar refractivity (Wildman–Crippen MR) is 76.7 cm³/mol. The second kappa shape index (κ2) is 8.25. The highest BCUT2D eigenvalue weighted by Gasteiger charge is 2.13. The SMILES string of the molecule is CC(C)OCCN(C)C(CN)Cc1ccccc1. The van der Waals surface area contributed by atoms with Gasteiger partial charge in [0.2, 0.25) is 0 Å². The first-order valence-corrected chi connectivity index (χ1v) is 6.69. The van der Waals surface area contributed by atoms with Crippen molar-refractivity contribution in [3.63, 3.8) is 0 Å². The quantitative estimate of drug-likeness (QED) is 0.766. The summed E-state index contributed by atoms with van der Waals surface area (Å²) in [6, 6.07) is 10.9. The van der Waals surface area contributed by atoms with Crippen LogP contribution in [0.2, 0.25) is 0 Å². The highest BCUT2D eigenvalue weighted by molar-refractivity contribution is 5.16. The fourth-order valence-corrected chi connectivity index (χ4v) is 1.92. The van der Waals surface area contributed by atoms with Crippen molar-refractivity contribution < 1.29 is 4.74 Å². The molecule has 102 valence electrons. The molecule has 1 aromatic carbocycles. The minimum atomic E-state index is 0.295. The standard InChI is InChI=1S/C15H26N2O/c1-13(2)18-10-9-17(3)15(12-16)11-14-7-5-4-6-8-14/h4-8,13,15H,9-12,16H2,1-3H3. The Morgan fingerprint density at radius 3 is 2.44 bits per heavy atom. The molecule has 0 fully saturated rings. The molecule has 0 aromatic heterocycles. The van der Waals surface area contributed by atoms with Crippen molar-refractivity contribution >= 4 is 0 Å². The van der Waals surface area contributed by atoms with E-state index in [1.807, 2.05) is 6.07 Å². The van der Waals surface area contributed by atoms with Gasteiger partial charge in [0, 0.05) is 19.1 Å². The number of nitrogens with two attached hydrogens (primary N) is 1. The average molecular weight is 250 g/mol. The van der Waals surface area contributed by atoms with Crippen molar-refractivity contribution in [3.05, 3.63) is 35.9 Å². The van der Waals surface area contributed by atoms with E-state index < -0.39 is 0 Å². The smallest absolute Gasteiger partial charge is 0.0596 e. The number of nitrogens with zero attached hydrogens (tertiary/aromatic N) is 1. The van der Waals surface area contributed by atoms with E-state index in [1.54, 1.807) is 0 Å². The van der Waals surface area contributed by atoms with Crippen LogP contribution in [0.3, 0.4) is 0 Å². The Labute approximate surface area is 111 Å². The Hall–Kier alpha value is -0.900. The summed E-state index contributed by atoms with van der Waals surface area (Å²) in [5.74, 6) is 0. The number of rotatable bonds is 8. The van der Waals surface area contributed by atoms with Gasteiger partial charge in [-0.05, 0) is 32.9 Å². The molecule has 0 saturated carbocycles. The summed E-state index contributed by atoms with van der Waals surface area (Å²) in [4.78, 5) is 2.29. The van der Waals surface area contributed by atoms with Crippen LogP contribution < -0.4 is 5.73 Å². The van der Waals surface area contributed by atoms with E-state index in [2.05, 4.69) is 50.1 Å². The van der Waals surface area contributed by atoms with Crippen molar-refractivity contribution in [2.45, 2.75) is 32.4 Å². The minimum Gasteiger partial charge on any atom is -0.377 e. The Bertz CT molecular complexity index is 314. The van der Waals surface area contributed by atoms with Gasteiger partial charge in [0.15, 0.2) is 0 Å². The highest BCUT2D eigenvalue weighted by Crippen LogP contribution is 2.07. The Balaban J connectivity index is 2.40. The molecular weight excluding hydrogens is 224 g/mol. The third-order valence-corrected chi connectivity index (χ3v) is 3.10. The highest BCUT2D eigenvalue weighted by atomic mass is 16.5. The van der Waals surface area contributed by atoms with Crippen molar-refractivity contribution in [3.8, 4) is 0 Å². The zero-order chi connectivity index (χ0) is 13.4. The normalized spacial score (nSPS) is 13.2. The van der Waals surface area contributed by atoms with Gasteiger partial charge in [0.1, 0.15) is 0 Å². The molecule has 0 aliphatic rings. The van der Waals surface area contributed by atoms with Crippen LogP contribution in [-0.4, -0.2) is 43.8 Å². The van der Waals surface area contributed by atoms with Crippen LogP contribution in [0.1, 0.15) is 19.4 Å². The lowest BCUT2D eigenvalue weighted by atomic mass is 10.1. The molecule has 1 unspecified atom stereocenters. The van der Waals surface area contributed by atoms with Gasteiger partial charge in [-0.25, -0.2) is 0 Å². The third-order valence-electron chi connectivity index (χ3n) is 3.10. The Kier molecular flexibility index (Phi) is 6.94. The molecule has 0 saturated heterocycles. The molecule has 0 heterocycles. The van der Waals surface area contributed by atoms with E-state index >= 15 is 0 Å². The Morgan fingerprint density at radius 1 is 1.22 bits per heavy atom. The average Bonchev–Trinajstić information content (AvgIpc) is 2.36. The van der Waals surface area contributed by atoms with Gasteiger partial charge in [-0.2, -0.15) is 0 Å². The molecule has 0 aliphatic carbocycles. The van der Waals surface area contributed by atoms with Crippen LogP contribution in [0.5, 0.6) is 0 Å². The maximum atomic E-state index is 5.87. The first kappa shape index (κ1) is 15.2. The van der Waals surface area contributed by atoms with Crippen molar-refractivity contribution in [2.75, 3.05) is 26.7 Å². The number of benzene rings is 1. The van der Waals surface area contributed by atoms with Crippen LogP contribution in [0, 0.1) is 0 Å². The topological polar surface area (TPSA) is 38.5 Å².